The van der Waals surface area contributed by atoms with Gasteiger partial charge in [-0.15, -0.1) is 0 Å². The molecule has 0 aliphatic carbocycles. The van der Waals surface area contributed by atoms with Gasteiger partial charge in [0.25, 0.3) is 0 Å². The second-order valence-electron chi connectivity index (χ2n) is 4.80. The van der Waals surface area contributed by atoms with E-state index in [0.29, 0.717) is 29.6 Å². The SMILES string of the molecule is CC(C)NCc1cc(-c2cccc(C(F)(F)F)c2)on1. The first kappa shape index (κ1) is 14.6. The van der Waals surface area contributed by atoms with Crippen LogP contribution in [0.15, 0.2) is 34.9 Å². The lowest BCUT2D eigenvalue weighted by atomic mass is 10.1. The molecular weight excluding hydrogens is 269 g/mol. The minimum Gasteiger partial charge on any atom is -0.356 e. The molecule has 0 saturated heterocycles. The van der Waals surface area contributed by atoms with Crippen molar-refractivity contribution >= 4 is 0 Å². The number of benzene rings is 1. The Labute approximate surface area is 114 Å². The van der Waals surface area contributed by atoms with Gasteiger partial charge in [0.15, 0.2) is 5.76 Å². The van der Waals surface area contributed by atoms with E-state index in [1.54, 1.807) is 12.1 Å². The molecule has 0 aliphatic rings. The average Bonchev–Trinajstić information content (AvgIpc) is 2.84. The molecule has 20 heavy (non-hydrogen) atoms. The Hall–Kier alpha value is -1.82. The molecule has 1 aromatic carbocycles. The first-order chi connectivity index (χ1) is 9.36. The van der Waals surface area contributed by atoms with Crippen LogP contribution in [-0.2, 0) is 12.7 Å². The lowest BCUT2D eigenvalue weighted by Gasteiger charge is -2.06. The van der Waals surface area contributed by atoms with Crippen molar-refractivity contribution in [2.45, 2.75) is 32.6 Å². The van der Waals surface area contributed by atoms with E-state index in [1.807, 2.05) is 13.8 Å². The minimum atomic E-state index is -4.36. The number of halogens is 3. The summed E-state index contributed by atoms with van der Waals surface area (Å²) in [5, 5.41) is 7.00. The fourth-order valence-corrected chi connectivity index (χ4v) is 1.69. The Kier molecular flexibility index (Phi) is 4.13. The molecule has 0 saturated carbocycles. The summed E-state index contributed by atoms with van der Waals surface area (Å²) in [5.74, 6) is 0.330. The third-order valence-corrected chi connectivity index (χ3v) is 2.72. The molecule has 0 amide bonds. The third kappa shape index (κ3) is 3.60. The van der Waals surface area contributed by atoms with Gasteiger partial charge in [-0.05, 0) is 12.1 Å². The maximum atomic E-state index is 12.6. The Morgan fingerprint density at radius 3 is 2.65 bits per heavy atom. The number of rotatable bonds is 4. The van der Waals surface area contributed by atoms with Crippen molar-refractivity contribution in [2.75, 3.05) is 0 Å². The van der Waals surface area contributed by atoms with Crippen LogP contribution in [0.2, 0.25) is 0 Å². The van der Waals surface area contributed by atoms with E-state index in [0.717, 1.165) is 12.1 Å². The molecule has 1 aromatic heterocycles. The summed E-state index contributed by atoms with van der Waals surface area (Å²) < 4.78 is 43.0. The van der Waals surface area contributed by atoms with Gasteiger partial charge < -0.3 is 9.84 Å². The highest BCUT2D eigenvalue weighted by Gasteiger charge is 2.30. The number of nitrogens with zero attached hydrogens (tertiary/aromatic N) is 1. The van der Waals surface area contributed by atoms with Crippen LogP contribution in [0.1, 0.15) is 25.1 Å². The standard InChI is InChI=1S/C14H15F3N2O/c1-9(2)18-8-12-7-13(20-19-12)10-4-3-5-11(6-10)14(15,16)17/h3-7,9,18H,8H2,1-2H3. The predicted molar refractivity (Wildman–Crippen MR) is 68.9 cm³/mol. The lowest BCUT2D eigenvalue weighted by molar-refractivity contribution is -0.137. The number of aromatic nitrogens is 1. The minimum absolute atomic E-state index is 0.295. The van der Waals surface area contributed by atoms with Gasteiger partial charge in [0, 0.05) is 24.2 Å². The van der Waals surface area contributed by atoms with Crippen LogP contribution in [0.5, 0.6) is 0 Å². The number of hydrogen-bond donors (Lipinski definition) is 1. The first-order valence-corrected chi connectivity index (χ1v) is 6.23. The largest absolute Gasteiger partial charge is 0.416 e. The molecule has 0 aliphatic heterocycles. The van der Waals surface area contributed by atoms with Gasteiger partial charge in [-0.3, -0.25) is 0 Å². The highest BCUT2D eigenvalue weighted by atomic mass is 19.4. The molecule has 6 heteroatoms. The van der Waals surface area contributed by atoms with Crippen LogP contribution < -0.4 is 5.32 Å². The number of alkyl halides is 3. The molecule has 2 aromatic rings. The Bertz CT molecular complexity index is 576. The van der Waals surface area contributed by atoms with Crippen LogP contribution in [-0.4, -0.2) is 11.2 Å². The van der Waals surface area contributed by atoms with Crippen molar-refractivity contribution in [1.29, 1.82) is 0 Å². The van der Waals surface area contributed by atoms with E-state index < -0.39 is 11.7 Å². The van der Waals surface area contributed by atoms with E-state index in [-0.39, 0.29) is 0 Å². The van der Waals surface area contributed by atoms with Gasteiger partial charge in [-0.2, -0.15) is 13.2 Å². The monoisotopic (exact) mass is 284 g/mol. The van der Waals surface area contributed by atoms with Gasteiger partial charge in [-0.1, -0.05) is 31.1 Å². The smallest absolute Gasteiger partial charge is 0.356 e. The van der Waals surface area contributed by atoms with Crippen molar-refractivity contribution in [3.05, 3.63) is 41.6 Å². The molecule has 0 bridgehead atoms. The van der Waals surface area contributed by atoms with Crippen molar-refractivity contribution in [2.24, 2.45) is 0 Å². The maximum Gasteiger partial charge on any atom is 0.416 e. The first-order valence-electron chi connectivity index (χ1n) is 6.23. The van der Waals surface area contributed by atoms with Crippen molar-refractivity contribution in [3.63, 3.8) is 0 Å². The molecule has 3 nitrogen and oxygen atoms in total. The molecular formula is C14H15F3N2O. The van der Waals surface area contributed by atoms with Crippen LogP contribution in [0.25, 0.3) is 11.3 Å². The van der Waals surface area contributed by atoms with Gasteiger partial charge >= 0.3 is 6.18 Å². The third-order valence-electron chi connectivity index (χ3n) is 2.72. The molecule has 1 heterocycles. The highest BCUT2D eigenvalue weighted by Crippen LogP contribution is 2.32. The van der Waals surface area contributed by atoms with Gasteiger partial charge in [0.1, 0.15) is 0 Å². The summed E-state index contributed by atoms with van der Waals surface area (Å²) in [6.07, 6.45) is -4.36. The zero-order valence-electron chi connectivity index (χ0n) is 11.2. The summed E-state index contributed by atoms with van der Waals surface area (Å²) in [4.78, 5) is 0. The topological polar surface area (TPSA) is 38.1 Å². The maximum absolute atomic E-state index is 12.6. The average molecular weight is 284 g/mol. The van der Waals surface area contributed by atoms with E-state index >= 15 is 0 Å². The fraction of sp³-hybridized carbons (Fsp3) is 0.357. The molecule has 0 spiro atoms. The number of nitrogens with one attached hydrogen (secondary N) is 1. The van der Waals surface area contributed by atoms with E-state index in [1.165, 1.54) is 6.07 Å². The zero-order chi connectivity index (χ0) is 14.8. The van der Waals surface area contributed by atoms with Gasteiger partial charge in [0.05, 0.1) is 11.3 Å². The summed E-state index contributed by atoms with van der Waals surface area (Å²) in [6.45, 7) is 4.50. The van der Waals surface area contributed by atoms with Crippen molar-refractivity contribution in [1.82, 2.24) is 10.5 Å². The summed E-state index contributed by atoms with van der Waals surface area (Å²) in [5.41, 5.74) is 0.322. The van der Waals surface area contributed by atoms with Crippen LogP contribution >= 0.6 is 0 Å². The summed E-state index contributed by atoms with van der Waals surface area (Å²) in [6, 6.07) is 6.94. The molecule has 1 N–H and O–H groups in total. The second kappa shape index (κ2) is 5.66. The van der Waals surface area contributed by atoms with Crippen molar-refractivity contribution < 1.29 is 17.7 Å². The van der Waals surface area contributed by atoms with Gasteiger partial charge in [0.2, 0.25) is 0 Å². The van der Waals surface area contributed by atoms with E-state index in [4.69, 9.17) is 4.52 Å². The van der Waals surface area contributed by atoms with Crippen LogP contribution in [0.3, 0.4) is 0 Å². The lowest BCUT2D eigenvalue weighted by Crippen LogP contribution is -2.21. The Morgan fingerprint density at radius 2 is 2.00 bits per heavy atom. The Balaban J connectivity index is 2.20. The van der Waals surface area contributed by atoms with Crippen molar-refractivity contribution in [3.8, 4) is 11.3 Å². The normalized spacial score (nSPS) is 12.1. The molecule has 108 valence electrons. The van der Waals surface area contributed by atoms with E-state index in [9.17, 15) is 13.2 Å². The van der Waals surface area contributed by atoms with E-state index in [2.05, 4.69) is 10.5 Å². The molecule has 0 radical (unpaired) electrons. The Morgan fingerprint density at radius 1 is 1.25 bits per heavy atom. The molecule has 0 atom stereocenters. The number of hydrogen-bond acceptors (Lipinski definition) is 3. The van der Waals surface area contributed by atoms with Crippen LogP contribution in [0.4, 0.5) is 13.2 Å². The summed E-state index contributed by atoms with van der Waals surface area (Å²) in [7, 11) is 0. The quantitative estimate of drug-likeness (QED) is 0.926. The summed E-state index contributed by atoms with van der Waals surface area (Å²) >= 11 is 0. The fourth-order valence-electron chi connectivity index (χ4n) is 1.69. The zero-order valence-corrected chi connectivity index (χ0v) is 11.2. The molecule has 2 rings (SSSR count). The second-order valence-corrected chi connectivity index (χ2v) is 4.80. The molecule has 0 fully saturated rings. The molecule has 0 unspecified atom stereocenters. The highest BCUT2D eigenvalue weighted by molar-refractivity contribution is 5.58. The van der Waals surface area contributed by atoms with Crippen LogP contribution in [0, 0.1) is 0 Å². The predicted octanol–water partition coefficient (Wildman–Crippen LogP) is 3.86. The van der Waals surface area contributed by atoms with Gasteiger partial charge in [-0.25, -0.2) is 0 Å².